The Kier molecular flexibility index (Phi) is 6.48. The van der Waals surface area contributed by atoms with Gasteiger partial charge in [-0.1, -0.05) is 0 Å². The summed E-state index contributed by atoms with van der Waals surface area (Å²) in [4.78, 5) is 30.1. The summed E-state index contributed by atoms with van der Waals surface area (Å²) in [7, 11) is 0. The van der Waals surface area contributed by atoms with Crippen molar-refractivity contribution in [2.75, 3.05) is 10.6 Å². The minimum atomic E-state index is -0.884. The first kappa shape index (κ1) is 20.9. The molecule has 9 heteroatoms. The van der Waals surface area contributed by atoms with Crippen LogP contribution in [0.5, 0.6) is 0 Å². The molecule has 2 N–H and O–H groups in total. The summed E-state index contributed by atoms with van der Waals surface area (Å²) in [5, 5.41) is 0. The molecule has 0 radical (unpaired) electrons. The predicted octanol–water partition coefficient (Wildman–Crippen LogP) is 4.71. The zero-order valence-electron chi connectivity index (χ0n) is 14.4. The van der Waals surface area contributed by atoms with Crippen molar-refractivity contribution in [1.82, 2.24) is 4.98 Å². The molecule has 0 aliphatic carbocycles. The highest BCUT2D eigenvalue weighted by molar-refractivity contribution is 14.1. The van der Waals surface area contributed by atoms with E-state index in [1.807, 2.05) is 22.6 Å². The summed E-state index contributed by atoms with van der Waals surface area (Å²) in [6, 6.07) is 1.56. The molecule has 0 aromatic carbocycles. The Balaban J connectivity index is 3.36. The van der Waals surface area contributed by atoms with Crippen molar-refractivity contribution in [3.05, 3.63) is 14.2 Å². The summed E-state index contributed by atoms with van der Waals surface area (Å²) in [6.45, 7) is 10.2. The van der Waals surface area contributed by atoms with Gasteiger partial charge in [0.15, 0.2) is 5.82 Å². The summed E-state index contributed by atoms with van der Waals surface area (Å²) < 4.78 is 11.4. The van der Waals surface area contributed by atoms with E-state index in [0.29, 0.717) is 13.9 Å². The highest BCUT2D eigenvalue weighted by Gasteiger charge is 2.35. The summed E-state index contributed by atoms with van der Waals surface area (Å²) in [6.07, 6.45) is -1.77. The molecule has 7 nitrogen and oxygen atoms in total. The van der Waals surface area contributed by atoms with Crippen molar-refractivity contribution in [3.63, 3.8) is 0 Å². The summed E-state index contributed by atoms with van der Waals surface area (Å²) >= 11 is 5.19. The molecule has 2 amide bonds. The number of hydrogen-bond acceptors (Lipinski definition) is 6. The van der Waals surface area contributed by atoms with Gasteiger partial charge in [-0.2, -0.15) is 4.90 Å². The van der Waals surface area contributed by atoms with Gasteiger partial charge < -0.3 is 15.2 Å². The topological polar surface area (TPSA) is 94.8 Å². The van der Waals surface area contributed by atoms with Crippen LogP contribution in [-0.4, -0.2) is 28.4 Å². The number of halogens is 2. The Morgan fingerprint density at radius 1 is 1.12 bits per heavy atom. The molecule has 134 valence electrons. The van der Waals surface area contributed by atoms with Crippen LogP contribution in [0.2, 0.25) is 0 Å². The molecule has 1 aromatic heterocycles. The molecule has 0 saturated heterocycles. The van der Waals surface area contributed by atoms with Gasteiger partial charge >= 0.3 is 12.2 Å². The van der Waals surface area contributed by atoms with E-state index >= 15 is 0 Å². The molecular formula is C15H21BrIN3O4. The summed E-state index contributed by atoms with van der Waals surface area (Å²) in [5.74, 6) is 0.0529. The van der Waals surface area contributed by atoms with E-state index in [2.05, 4.69) is 20.9 Å². The van der Waals surface area contributed by atoms with Crippen LogP contribution in [0.3, 0.4) is 0 Å². The first-order chi connectivity index (χ1) is 10.7. The molecule has 0 spiro atoms. The number of carbonyl (C=O) groups is 2. The summed E-state index contributed by atoms with van der Waals surface area (Å²) in [5.41, 5.74) is 4.64. The maximum absolute atomic E-state index is 12.5. The number of nitrogens with zero attached hydrogens (tertiary/aromatic N) is 2. The average Bonchev–Trinajstić information content (AvgIpc) is 2.31. The fourth-order valence-electron chi connectivity index (χ4n) is 1.49. The minimum absolute atomic E-state index is 0.0529. The zero-order valence-corrected chi connectivity index (χ0v) is 18.2. The number of ether oxygens (including phenoxy) is 2. The van der Waals surface area contributed by atoms with Gasteiger partial charge in [0.2, 0.25) is 0 Å². The zero-order chi connectivity index (χ0) is 18.9. The maximum atomic E-state index is 12.5. The number of rotatable bonds is 1. The highest BCUT2D eigenvalue weighted by Crippen LogP contribution is 2.31. The number of pyridine rings is 1. The molecule has 0 saturated carbocycles. The van der Waals surface area contributed by atoms with Crippen molar-refractivity contribution in [2.45, 2.75) is 52.7 Å². The van der Waals surface area contributed by atoms with Gasteiger partial charge in [0.25, 0.3) is 0 Å². The van der Waals surface area contributed by atoms with Gasteiger partial charge in [0, 0.05) is 0 Å². The number of hydrogen-bond donors (Lipinski definition) is 1. The number of nitrogens with two attached hydrogens (primary N) is 1. The van der Waals surface area contributed by atoms with E-state index in [-0.39, 0.29) is 5.82 Å². The minimum Gasteiger partial charge on any atom is -0.443 e. The highest BCUT2D eigenvalue weighted by atomic mass is 127. The lowest BCUT2D eigenvalue weighted by atomic mass is 10.2. The Hall–Kier alpha value is -1.10. The van der Waals surface area contributed by atoms with Crippen LogP contribution >= 0.6 is 38.5 Å². The third-order valence-corrected chi connectivity index (χ3v) is 3.75. The molecule has 0 atom stereocenters. The van der Waals surface area contributed by atoms with Crippen LogP contribution in [-0.2, 0) is 9.47 Å². The molecule has 0 unspecified atom stereocenters. The molecule has 0 aliphatic rings. The van der Waals surface area contributed by atoms with Gasteiger partial charge in [-0.25, -0.2) is 14.6 Å². The van der Waals surface area contributed by atoms with E-state index in [1.165, 1.54) is 0 Å². The van der Waals surface area contributed by atoms with Crippen molar-refractivity contribution in [2.24, 2.45) is 0 Å². The van der Waals surface area contributed by atoms with E-state index in [9.17, 15) is 9.59 Å². The second-order valence-corrected chi connectivity index (χ2v) is 8.85. The third-order valence-electron chi connectivity index (χ3n) is 2.30. The van der Waals surface area contributed by atoms with E-state index in [4.69, 9.17) is 15.2 Å². The monoisotopic (exact) mass is 513 g/mol. The smallest absolute Gasteiger partial charge is 0.425 e. The Bertz CT molecular complexity index is 625. The fraction of sp³-hybridized carbons (Fsp3) is 0.533. The lowest BCUT2D eigenvalue weighted by Gasteiger charge is -2.28. The van der Waals surface area contributed by atoms with Crippen LogP contribution in [0.4, 0.5) is 21.1 Å². The van der Waals surface area contributed by atoms with Crippen molar-refractivity contribution < 1.29 is 19.1 Å². The van der Waals surface area contributed by atoms with Crippen LogP contribution in [0.1, 0.15) is 41.5 Å². The normalized spacial score (nSPS) is 11.8. The van der Waals surface area contributed by atoms with Crippen LogP contribution in [0, 0.1) is 3.70 Å². The first-order valence-corrected chi connectivity index (χ1v) is 8.96. The van der Waals surface area contributed by atoms with Crippen LogP contribution in [0.15, 0.2) is 10.5 Å². The van der Waals surface area contributed by atoms with Gasteiger partial charge in [0.1, 0.15) is 14.9 Å². The third kappa shape index (κ3) is 6.08. The fourth-order valence-corrected chi connectivity index (χ4v) is 2.39. The van der Waals surface area contributed by atoms with Crippen LogP contribution < -0.4 is 10.6 Å². The Morgan fingerprint density at radius 2 is 1.54 bits per heavy atom. The molecular weight excluding hydrogens is 493 g/mol. The van der Waals surface area contributed by atoms with E-state index in [1.54, 1.807) is 47.6 Å². The maximum Gasteiger partial charge on any atom is 0.425 e. The average molecular weight is 514 g/mol. The number of nitrogen functional groups attached to an aromatic ring is 1. The largest absolute Gasteiger partial charge is 0.443 e. The van der Waals surface area contributed by atoms with Crippen molar-refractivity contribution in [1.29, 1.82) is 0 Å². The molecule has 0 aliphatic heterocycles. The molecule has 1 aromatic rings. The van der Waals surface area contributed by atoms with Gasteiger partial charge in [-0.3, -0.25) is 0 Å². The number of amides is 2. The van der Waals surface area contributed by atoms with Crippen LogP contribution in [0.25, 0.3) is 0 Å². The van der Waals surface area contributed by atoms with Gasteiger partial charge in [-0.05, 0) is 86.1 Å². The predicted molar refractivity (Wildman–Crippen MR) is 104 cm³/mol. The van der Waals surface area contributed by atoms with Crippen molar-refractivity contribution in [3.8, 4) is 0 Å². The molecule has 1 rings (SSSR count). The Morgan fingerprint density at radius 3 is 1.92 bits per heavy atom. The Labute approximate surface area is 163 Å². The number of imide groups is 1. The van der Waals surface area contributed by atoms with E-state index < -0.39 is 23.4 Å². The SMILES string of the molecule is CC(C)(C)OC(=O)N(C(=O)OC(C)(C)C)c1nc(I)c(N)cc1Br. The lowest BCUT2D eigenvalue weighted by Crippen LogP contribution is -2.44. The second-order valence-electron chi connectivity index (χ2n) is 6.97. The van der Waals surface area contributed by atoms with E-state index in [0.717, 1.165) is 4.90 Å². The lowest BCUT2D eigenvalue weighted by molar-refractivity contribution is 0.0428. The number of anilines is 2. The van der Waals surface area contributed by atoms with Gasteiger partial charge in [0.05, 0.1) is 10.2 Å². The van der Waals surface area contributed by atoms with Crippen molar-refractivity contribution >= 4 is 62.2 Å². The number of aromatic nitrogens is 1. The molecule has 0 bridgehead atoms. The second kappa shape index (κ2) is 7.42. The standard InChI is InChI=1S/C15H21BrIN3O4/c1-14(2,3)23-12(21)20(13(22)24-15(4,5)6)11-8(16)7-9(18)10(17)19-11/h7H,18H2,1-6H3. The molecule has 1 heterocycles. The number of carbonyl (C=O) groups excluding carboxylic acids is 2. The quantitative estimate of drug-likeness (QED) is 0.431. The molecule has 0 fully saturated rings. The molecule has 24 heavy (non-hydrogen) atoms. The first-order valence-electron chi connectivity index (χ1n) is 7.09. The van der Waals surface area contributed by atoms with Gasteiger partial charge in [-0.15, -0.1) is 0 Å².